The summed E-state index contributed by atoms with van der Waals surface area (Å²) in [4.78, 5) is 22.4. The molecule has 0 bridgehead atoms. The minimum atomic E-state index is -0.263. The van der Waals surface area contributed by atoms with Crippen LogP contribution in [0.5, 0.6) is 5.75 Å². The highest BCUT2D eigenvalue weighted by Crippen LogP contribution is 2.22. The molecule has 1 aromatic carbocycles. The van der Waals surface area contributed by atoms with Gasteiger partial charge in [0.15, 0.2) is 0 Å². The van der Waals surface area contributed by atoms with E-state index in [0.717, 1.165) is 16.9 Å². The van der Waals surface area contributed by atoms with Crippen molar-refractivity contribution >= 4 is 11.9 Å². The summed E-state index contributed by atoms with van der Waals surface area (Å²) in [5, 5.41) is 8.14. The maximum Gasteiger partial charge on any atom is 0.315 e. The van der Waals surface area contributed by atoms with E-state index in [1.54, 1.807) is 7.11 Å². The zero-order chi connectivity index (χ0) is 15.8. The van der Waals surface area contributed by atoms with E-state index in [4.69, 9.17) is 4.74 Å². The molecule has 1 rings (SSSR count). The molecule has 0 fully saturated rings. The molecule has 116 valence electrons. The zero-order valence-electron chi connectivity index (χ0n) is 12.9. The van der Waals surface area contributed by atoms with Gasteiger partial charge in [-0.1, -0.05) is 12.1 Å². The third-order valence-electron chi connectivity index (χ3n) is 3.05. The Hall–Kier alpha value is -2.24. The fraction of sp³-hybridized carbons (Fsp3) is 0.467. The fourth-order valence-electron chi connectivity index (χ4n) is 1.92. The van der Waals surface area contributed by atoms with E-state index in [2.05, 4.69) is 16.0 Å². The summed E-state index contributed by atoms with van der Waals surface area (Å²) in [5.41, 5.74) is 2.03. The first-order valence-electron chi connectivity index (χ1n) is 6.87. The summed E-state index contributed by atoms with van der Waals surface area (Å²) in [6.45, 7) is 6.11. The number of hydrogen-bond donors (Lipinski definition) is 3. The molecule has 0 saturated carbocycles. The number of rotatable bonds is 6. The highest BCUT2D eigenvalue weighted by molar-refractivity contribution is 5.75. The molecule has 0 heterocycles. The molecule has 1 atom stereocenters. The average molecular weight is 293 g/mol. The van der Waals surface area contributed by atoms with Crippen LogP contribution in [0, 0.1) is 6.92 Å². The Kier molecular flexibility index (Phi) is 6.52. The lowest BCUT2D eigenvalue weighted by atomic mass is 10.1. The minimum Gasteiger partial charge on any atom is -0.496 e. The van der Waals surface area contributed by atoms with Crippen LogP contribution in [0.3, 0.4) is 0 Å². The summed E-state index contributed by atoms with van der Waals surface area (Å²) in [6, 6.07) is 5.42. The van der Waals surface area contributed by atoms with Crippen molar-refractivity contribution in [2.45, 2.75) is 26.8 Å². The van der Waals surface area contributed by atoms with Crippen LogP contribution in [0.1, 0.15) is 31.0 Å². The zero-order valence-corrected chi connectivity index (χ0v) is 12.9. The van der Waals surface area contributed by atoms with Crippen LogP contribution in [0.25, 0.3) is 0 Å². The quantitative estimate of drug-likeness (QED) is 0.695. The summed E-state index contributed by atoms with van der Waals surface area (Å²) in [7, 11) is 1.63. The monoisotopic (exact) mass is 293 g/mol. The van der Waals surface area contributed by atoms with Crippen LogP contribution in [-0.2, 0) is 4.79 Å². The molecule has 1 aromatic rings. The van der Waals surface area contributed by atoms with Gasteiger partial charge in [0.2, 0.25) is 5.91 Å². The van der Waals surface area contributed by atoms with Crippen LogP contribution in [0.15, 0.2) is 18.2 Å². The molecule has 6 nitrogen and oxygen atoms in total. The van der Waals surface area contributed by atoms with Crippen molar-refractivity contribution in [3.05, 3.63) is 29.3 Å². The van der Waals surface area contributed by atoms with Gasteiger partial charge in [0, 0.05) is 20.0 Å². The number of nitrogens with one attached hydrogen (secondary N) is 3. The lowest BCUT2D eigenvalue weighted by Gasteiger charge is -2.16. The Morgan fingerprint density at radius 3 is 2.48 bits per heavy atom. The predicted molar refractivity (Wildman–Crippen MR) is 81.4 cm³/mol. The Bertz CT molecular complexity index is 503. The van der Waals surface area contributed by atoms with E-state index < -0.39 is 0 Å². The molecule has 0 aliphatic carbocycles. The third kappa shape index (κ3) is 5.72. The van der Waals surface area contributed by atoms with Gasteiger partial charge in [-0.3, -0.25) is 4.79 Å². The summed E-state index contributed by atoms with van der Waals surface area (Å²) < 4.78 is 5.21. The van der Waals surface area contributed by atoms with Gasteiger partial charge in [0.25, 0.3) is 0 Å². The highest BCUT2D eigenvalue weighted by Gasteiger charge is 2.10. The Morgan fingerprint density at radius 2 is 1.90 bits per heavy atom. The standard InChI is InChI=1S/C15H23N3O3/c1-10-9-13(5-6-14(10)21-4)11(2)18-15(20)17-8-7-16-12(3)19/h5-6,9,11H,7-8H2,1-4H3,(H,16,19)(H2,17,18,20). The van der Waals surface area contributed by atoms with Gasteiger partial charge < -0.3 is 20.7 Å². The van der Waals surface area contributed by atoms with Crippen LogP contribution in [0.2, 0.25) is 0 Å². The number of benzene rings is 1. The summed E-state index contributed by atoms with van der Waals surface area (Å²) in [5.74, 6) is 0.713. The smallest absolute Gasteiger partial charge is 0.315 e. The van der Waals surface area contributed by atoms with Crippen molar-refractivity contribution in [1.29, 1.82) is 0 Å². The molecule has 0 saturated heterocycles. The SMILES string of the molecule is COc1ccc(C(C)NC(=O)NCCNC(C)=O)cc1C. The molecular formula is C15H23N3O3. The third-order valence-corrected chi connectivity index (χ3v) is 3.05. The van der Waals surface area contributed by atoms with E-state index in [1.807, 2.05) is 32.0 Å². The largest absolute Gasteiger partial charge is 0.496 e. The lowest BCUT2D eigenvalue weighted by Crippen LogP contribution is -2.40. The Balaban J connectivity index is 2.45. The molecule has 21 heavy (non-hydrogen) atoms. The molecule has 3 N–H and O–H groups in total. The van der Waals surface area contributed by atoms with E-state index in [9.17, 15) is 9.59 Å². The fourth-order valence-corrected chi connectivity index (χ4v) is 1.92. The first-order valence-corrected chi connectivity index (χ1v) is 6.87. The normalized spacial score (nSPS) is 11.4. The highest BCUT2D eigenvalue weighted by atomic mass is 16.5. The number of carbonyl (C=O) groups excluding carboxylic acids is 2. The Labute approximate surface area is 125 Å². The van der Waals surface area contributed by atoms with Gasteiger partial charge in [-0.15, -0.1) is 0 Å². The molecule has 3 amide bonds. The van der Waals surface area contributed by atoms with Crippen molar-refractivity contribution in [1.82, 2.24) is 16.0 Å². The molecule has 0 aromatic heterocycles. The lowest BCUT2D eigenvalue weighted by molar-refractivity contribution is -0.118. The molecule has 0 spiro atoms. The topological polar surface area (TPSA) is 79.5 Å². The molecule has 0 aliphatic heterocycles. The number of hydrogen-bond acceptors (Lipinski definition) is 3. The van der Waals surface area contributed by atoms with Crippen molar-refractivity contribution in [3.8, 4) is 5.75 Å². The molecule has 6 heteroatoms. The molecule has 0 radical (unpaired) electrons. The number of urea groups is 1. The van der Waals surface area contributed by atoms with Gasteiger partial charge in [-0.05, 0) is 31.0 Å². The maximum atomic E-state index is 11.7. The van der Waals surface area contributed by atoms with Crippen LogP contribution in [-0.4, -0.2) is 32.1 Å². The second-order valence-corrected chi connectivity index (χ2v) is 4.83. The summed E-state index contributed by atoms with van der Waals surface area (Å²) in [6.07, 6.45) is 0. The number of methoxy groups -OCH3 is 1. The molecule has 1 unspecified atom stereocenters. The maximum absolute atomic E-state index is 11.7. The summed E-state index contributed by atoms with van der Waals surface area (Å²) >= 11 is 0. The number of carbonyl (C=O) groups is 2. The number of amides is 3. The van der Waals surface area contributed by atoms with E-state index in [0.29, 0.717) is 13.1 Å². The van der Waals surface area contributed by atoms with Gasteiger partial charge in [0.1, 0.15) is 5.75 Å². The Morgan fingerprint density at radius 1 is 1.24 bits per heavy atom. The van der Waals surface area contributed by atoms with Crippen molar-refractivity contribution < 1.29 is 14.3 Å². The van der Waals surface area contributed by atoms with Crippen LogP contribution < -0.4 is 20.7 Å². The first-order chi connectivity index (χ1) is 9.93. The van der Waals surface area contributed by atoms with Crippen molar-refractivity contribution in [3.63, 3.8) is 0 Å². The predicted octanol–water partition coefficient (Wildman–Crippen LogP) is 1.50. The van der Waals surface area contributed by atoms with Crippen LogP contribution >= 0.6 is 0 Å². The van der Waals surface area contributed by atoms with Gasteiger partial charge in [-0.25, -0.2) is 4.79 Å². The van der Waals surface area contributed by atoms with E-state index >= 15 is 0 Å². The second kappa shape index (κ2) is 8.14. The van der Waals surface area contributed by atoms with Gasteiger partial charge in [0.05, 0.1) is 13.2 Å². The van der Waals surface area contributed by atoms with Gasteiger partial charge >= 0.3 is 6.03 Å². The second-order valence-electron chi connectivity index (χ2n) is 4.83. The average Bonchev–Trinajstić information content (AvgIpc) is 2.43. The number of aryl methyl sites for hydroxylation is 1. The van der Waals surface area contributed by atoms with E-state index in [-0.39, 0.29) is 18.0 Å². The van der Waals surface area contributed by atoms with Gasteiger partial charge in [-0.2, -0.15) is 0 Å². The molecule has 0 aliphatic rings. The van der Waals surface area contributed by atoms with E-state index in [1.165, 1.54) is 6.92 Å². The molecular weight excluding hydrogens is 270 g/mol. The first kappa shape index (κ1) is 16.8. The van der Waals surface area contributed by atoms with Crippen LogP contribution in [0.4, 0.5) is 4.79 Å². The van der Waals surface area contributed by atoms with Crippen molar-refractivity contribution in [2.24, 2.45) is 0 Å². The van der Waals surface area contributed by atoms with Crippen molar-refractivity contribution in [2.75, 3.05) is 20.2 Å². The number of ether oxygens (including phenoxy) is 1. The minimum absolute atomic E-state index is 0.112.